The molecule has 2 aliphatic carbocycles. The van der Waals surface area contributed by atoms with Crippen molar-refractivity contribution in [2.75, 3.05) is 12.0 Å². The standard InChI is InChI=1S/C37H35ClN2O6/c1-36(2,3)40-32(42)26-16-15-24-27(30(26)34(40)44)19-28-33(43)39(22-12-8-11-21(38)17-22)35(45)37(28,20-9-6-5-7-10-20)31(24)25-14-13-23(41)18-29(25)46-4/h5-15,17-18,26-28,30-31,41H,16,19H2,1-4H3/t26-,27+,28-,30-,31+,37+/m0/s1. The maximum atomic E-state index is 15.3. The molecule has 3 aromatic rings. The van der Waals surface area contributed by atoms with Crippen LogP contribution in [0.3, 0.4) is 0 Å². The van der Waals surface area contributed by atoms with E-state index in [1.165, 1.54) is 23.0 Å². The lowest BCUT2D eigenvalue weighted by atomic mass is 9.49. The van der Waals surface area contributed by atoms with Crippen LogP contribution in [0.1, 0.15) is 50.7 Å². The van der Waals surface area contributed by atoms with E-state index in [1.807, 2.05) is 57.2 Å². The van der Waals surface area contributed by atoms with Crippen molar-refractivity contribution >= 4 is 40.9 Å². The van der Waals surface area contributed by atoms with Crippen LogP contribution in [-0.4, -0.2) is 46.3 Å². The Morgan fingerprint density at radius 1 is 0.891 bits per heavy atom. The Kier molecular flexibility index (Phi) is 6.94. The summed E-state index contributed by atoms with van der Waals surface area (Å²) in [5.41, 5.74) is 0.337. The summed E-state index contributed by atoms with van der Waals surface area (Å²) >= 11 is 6.37. The van der Waals surface area contributed by atoms with Gasteiger partial charge in [0.15, 0.2) is 0 Å². The first-order valence-corrected chi connectivity index (χ1v) is 15.9. The van der Waals surface area contributed by atoms with Gasteiger partial charge >= 0.3 is 0 Å². The van der Waals surface area contributed by atoms with Gasteiger partial charge in [-0.3, -0.25) is 24.1 Å². The quantitative estimate of drug-likeness (QED) is 0.277. The number of benzene rings is 3. The number of anilines is 1. The number of imide groups is 2. The number of halogens is 1. The first-order valence-electron chi connectivity index (χ1n) is 15.6. The normalized spacial score (nSPS) is 29.0. The Morgan fingerprint density at radius 2 is 1.63 bits per heavy atom. The Labute approximate surface area is 272 Å². The molecule has 46 heavy (non-hydrogen) atoms. The molecule has 2 saturated heterocycles. The summed E-state index contributed by atoms with van der Waals surface area (Å²) in [6, 6.07) is 20.8. The number of nitrogens with zero attached hydrogens (tertiary/aromatic N) is 2. The molecular weight excluding hydrogens is 604 g/mol. The minimum absolute atomic E-state index is 0.0114. The second kappa shape index (κ2) is 10.6. The molecule has 0 unspecified atom stereocenters. The highest BCUT2D eigenvalue weighted by atomic mass is 35.5. The van der Waals surface area contributed by atoms with Crippen molar-refractivity contribution in [2.45, 2.75) is 50.5 Å². The molecule has 3 fully saturated rings. The zero-order chi connectivity index (χ0) is 32.7. The third-order valence-electron chi connectivity index (χ3n) is 10.4. The number of methoxy groups -OCH3 is 1. The Bertz CT molecular complexity index is 1830. The smallest absolute Gasteiger partial charge is 0.246 e. The lowest BCUT2D eigenvalue weighted by molar-refractivity contribution is -0.145. The molecule has 0 aromatic heterocycles. The van der Waals surface area contributed by atoms with Gasteiger partial charge in [-0.05, 0) is 69.4 Å². The third kappa shape index (κ3) is 4.12. The molecule has 0 bridgehead atoms. The number of phenols is 1. The van der Waals surface area contributed by atoms with Crippen molar-refractivity contribution in [2.24, 2.45) is 23.7 Å². The molecule has 6 atom stereocenters. The minimum atomic E-state index is -1.42. The van der Waals surface area contributed by atoms with Gasteiger partial charge in [0.2, 0.25) is 23.6 Å². The summed E-state index contributed by atoms with van der Waals surface area (Å²) in [6.07, 6.45) is 2.55. The number of aromatic hydroxyl groups is 1. The molecule has 1 N–H and O–H groups in total. The molecular formula is C37H35ClN2O6. The number of allylic oxidation sites excluding steroid dienone is 2. The van der Waals surface area contributed by atoms with Gasteiger partial charge in [0.05, 0.1) is 36.0 Å². The van der Waals surface area contributed by atoms with Gasteiger partial charge in [-0.1, -0.05) is 65.7 Å². The molecule has 1 saturated carbocycles. The van der Waals surface area contributed by atoms with Crippen LogP contribution in [-0.2, 0) is 24.6 Å². The Hall–Kier alpha value is -4.43. The van der Waals surface area contributed by atoms with E-state index in [1.54, 1.807) is 36.4 Å². The number of rotatable bonds is 4. The average Bonchev–Trinajstić information content (AvgIpc) is 3.42. The van der Waals surface area contributed by atoms with Crippen molar-refractivity contribution < 1.29 is 29.0 Å². The van der Waals surface area contributed by atoms with Crippen molar-refractivity contribution in [3.63, 3.8) is 0 Å². The lowest BCUT2D eigenvalue weighted by Gasteiger charge is -2.51. The van der Waals surface area contributed by atoms with Crippen molar-refractivity contribution in [1.82, 2.24) is 4.90 Å². The van der Waals surface area contributed by atoms with Crippen LogP contribution >= 0.6 is 11.6 Å². The van der Waals surface area contributed by atoms with Crippen LogP contribution in [0, 0.1) is 23.7 Å². The molecule has 4 amide bonds. The van der Waals surface area contributed by atoms with Gasteiger partial charge in [-0.25, -0.2) is 4.90 Å². The SMILES string of the molecule is COc1cc(O)ccc1[C@H]1C2=CC[C@@H]3C(=O)N(C(C)(C)C)C(=O)[C@@H]3[C@@H]2C[C@H]2C(=O)N(c3cccc(Cl)c3)C(=O)[C@@]12c1ccccc1. The number of ether oxygens (including phenoxy) is 1. The van der Waals surface area contributed by atoms with Gasteiger partial charge in [0.25, 0.3) is 0 Å². The molecule has 0 spiro atoms. The van der Waals surface area contributed by atoms with Crippen molar-refractivity contribution in [3.05, 3.63) is 101 Å². The van der Waals surface area contributed by atoms with Gasteiger partial charge in [0, 0.05) is 28.1 Å². The zero-order valence-corrected chi connectivity index (χ0v) is 26.8. The Balaban J connectivity index is 1.52. The summed E-state index contributed by atoms with van der Waals surface area (Å²) in [5.74, 6) is -4.22. The van der Waals surface area contributed by atoms with E-state index in [0.717, 1.165) is 5.57 Å². The second-order valence-corrected chi connectivity index (χ2v) is 14.1. The number of phenolic OH excluding ortho intramolecular Hbond substituents is 1. The number of hydrogen-bond donors (Lipinski definition) is 1. The second-order valence-electron chi connectivity index (χ2n) is 13.7. The molecule has 236 valence electrons. The first kappa shape index (κ1) is 30.2. The molecule has 8 nitrogen and oxygen atoms in total. The summed E-state index contributed by atoms with van der Waals surface area (Å²) in [5, 5.41) is 10.8. The average molecular weight is 639 g/mol. The summed E-state index contributed by atoms with van der Waals surface area (Å²) in [6.45, 7) is 5.55. The van der Waals surface area contributed by atoms with Gasteiger partial charge in [-0.2, -0.15) is 0 Å². The number of amides is 4. The number of hydrogen-bond acceptors (Lipinski definition) is 6. The number of fused-ring (bicyclic) bond motifs is 4. The minimum Gasteiger partial charge on any atom is -0.508 e. The fraction of sp³-hybridized carbons (Fsp3) is 0.351. The highest BCUT2D eigenvalue weighted by Crippen LogP contribution is 2.65. The van der Waals surface area contributed by atoms with E-state index < -0.39 is 46.5 Å². The van der Waals surface area contributed by atoms with E-state index in [-0.39, 0.29) is 29.9 Å². The van der Waals surface area contributed by atoms with Crippen LogP contribution in [0.25, 0.3) is 0 Å². The molecule has 0 radical (unpaired) electrons. The molecule has 2 aliphatic heterocycles. The van der Waals surface area contributed by atoms with Crippen LogP contribution in [0.2, 0.25) is 5.02 Å². The molecule has 2 heterocycles. The van der Waals surface area contributed by atoms with Crippen molar-refractivity contribution in [3.8, 4) is 11.5 Å². The maximum Gasteiger partial charge on any atom is 0.246 e. The zero-order valence-electron chi connectivity index (χ0n) is 26.1. The van der Waals surface area contributed by atoms with Gasteiger partial charge < -0.3 is 9.84 Å². The lowest BCUT2D eigenvalue weighted by Crippen LogP contribution is -2.53. The summed E-state index contributed by atoms with van der Waals surface area (Å²) in [7, 11) is 1.50. The van der Waals surface area contributed by atoms with E-state index in [9.17, 15) is 19.5 Å². The maximum absolute atomic E-state index is 15.3. The fourth-order valence-electron chi connectivity index (χ4n) is 8.69. The number of carbonyl (C=O) groups is 4. The largest absolute Gasteiger partial charge is 0.508 e. The topological polar surface area (TPSA) is 104 Å². The molecule has 7 rings (SSSR count). The predicted molar refractivity (Wildman–Crippen MR) is 172 cm³/mol. The number of carbonyl (C=O) groups excluding carboxylic acids is 4. The molecule has 3 aromatic carbocycles. The van der Waals surface area contributed by atoms with E-state index in [0.29, 0.717) is 34.0 Å². The highest BCUT2D eigenvalue weighted by Gasteiger charge is 2.70. The fourth-order valence-corrected chi connectivity index (χ4v) is 8.87. The summed E-state index contributed by atoms with van der Waals surface area (Å²) < 4.78 is 5.82. The Morgan fingerprint density at radius 3 is 2.30 bits per heavy atom. The van der Waals surface area contributed by atoms with Gasteiger partial charge in [0.1, 0.15) is 11.5 Å². The van der Waals surface area contributed by atoms with E-state index >= 15 is 4.79 Å². The summed E-state index contributed by atoms with van der Waals surface area (Å²) in [4.78, 5) is 60.6. The van der Waals surface area contributed by atoms with Crippen LogP contribution < -0.4 is 9.64 Å². The van der Waals surface area contributed by atoms with Crippen LogP contribution in [0.15, 0.2) is 84.4 Å². The monoisotopic (exact) mass is 638 g/mol. The predicted octanol–water partition coefficient (Wildman–Crippen LogP) is 6.02. The van der Waals surface area contributed by atoms with Crippen LogP contribution in [0.5, 0.6) is 11.5 Å². The first-order chi connectivity index (χ1) is 21.9. The van der Waals surface area contributed by atoms with E-state index in [2.05, 4.69) is 0 Å². The molecule has 9 heteroatoms. The third-order valence-corrected chi connectivity index (χ3v) is 10.6. The van der Waals surface area contributed by atoms with Gasteiger partial charge in [-0.15, -0.1) is 0 Å². The highest BCUT2D eigenvalue weighted by molar-refractivity contribution is 6.32. The number of likely N-dealkylation sites (tertiary alicyclic amines) is 1. The molecule has 4 aliphatic rings. The van der Waals surface area contributed by atoms with Crippen LogP contribution in [0.4, 0.5) is 5.69 Å². The van der Waals surface area contributed by atoms with Crippen molar-refractivity contribution in [1.29, 1.82) is 0 Å². The van der Waals surface area contributed by atoms with E-state index in [4.69, 9.17) is 16.3 Å².